The molecule has 2 fully saturated rings. The van der Waals surface area contributed by atoms with Crippen molar-refractivity contribution < 1.29 is 4.74 Å². The minimum Gasteiger partial charge on any atom is -0.377 e. The van der Waals surface area contributed by atoms with Crippen LogP contribution in [0, 0.1) is 0 Å². The summed E-state index contributed by atoms with van der Waals surface area (Å²) in [7, 11) is 0. The van der Waals surface area contributed by atoms with Gasteiger partial charge < -0.3 is 10.1 Å². The van der Waals surface area contributed by atoms with Gasteiger partial charge in [-0.25, -0.2) is 0 Å². The Morgan fingerprint density at radius 1 is 1.30 bits per heavy atom. The van der Waals surface area contributed by atoms with E-state index < -0.39 is 0 Å². The number of rotatable bonds is 2. The Morgan fingerprint density at radius 2 is 2.10 bits per heavy atom. The van der Waals surface area contributed by atoms with Crippen LogP contribution in [0.3, 0.4) is 0 Å². The molecule has 2 saturated heterocycles. The lowest BCUT2D eigenvalue weighted by atomic mass is 9.91. The lowest BCUT2D eigenvalue weighted by Gasteiger charge is -2.41. The highest BCUT2D eigenvalue weighted by Gasteiger charge is 2.43. The van der Waals surface area contributed by atoms with Gasteiger partial charge in [0.2, 0.25) is 0 Å². The van der Waals surface area contributed by atoms with E-state index in [9.17, 15) is 0 Å². The molecular weight excluding hydrogens is 248 g/mol. The van der Waals surface area contributed by atoms with Gasteiger partial charge in [0, 0.05) is 31.3 Å². The predicted octanol–water partition coefficient (Wildman–Crippen LogP) is 2.59. The van der Waals surface area contributed by atoms with Crippen molar-refractivity contribution in [3.63, 3.8) is 0 Å². The van der Waals surface area contributed by atoms with Gasteiger partial charge >= 0.3 is 0 Å². The summed E-state index contributed by atoms with van der Waals surface area (Å²) in [5.74, 6) is 0. The Morgan fingerprint density at radius 3 is 2.80 bits per heavy atom. The lowest BCUT2D eigenvalue weighted by Crippen LogP contribution is -2.52. The molecule has 20 heavy (non-hydrogen) atoms. The molecule has 2 aliphatic heterocycles. The molecule has 3 unspecified atom stereocenters. The van der Waals surface area contributed by atoms with Crippen LogP contribution in [0.1, 0.15) is 38.3 Å². The highest BCUT2D eigenvalue weighted by atomic mass is 16.5. The molecule has 3 atom stereocenters. The molecule has 1 aromatic rings. The van der Waals surface area contributed by atoms with Crippen LogP contribution in [-0.2, 0) is 4.74 Å². The molecule has 3 rings (SSSR count). The van der Waals surface area contributed by atoms with Crippen molar-refractivity contribution in [1.29, 1.82) is 0 Å². The zero-order valence-electron chi connectivity index (χ0n) is 12.6. The van der Waals surface area contributed by atoms with Gasteiger partial charge in [0.05, 0.1) is 6.10 Å². The topological polar surface area (TPSA) is 24.5 Å². The number of hydrogen-bond donors (Lipinski definition) is 1. The first-order valence-corrected chi connectivity index (χ1v) is 7.85. The molecule has 0 aliphatic carbocycles. The van der Waals surface area contributed by atoms with E-state index in [4.69, 9.17) is 4.74 Å². The molecule has 0 aromatic heterocycles. The molecule has 1 aromatic carbocycles. The Balaban J connectivity index is 1.79. The van der Waals surface area contributed by atoms with Crippen molar-refractivity contribution in [3.8, 4) is 0 Å². The lowest BCUT2D eigenvalue weighted by molar-refractivity contribution is 0.0193. The molecule has 2 aliphatic rings. The zero-order chi connectivity index (χ0) is 14.0. The average molecular weight is 274 g/mol. The normalized spacial score (nSPS) is 35.9. The smallest absolute Gasteiger partial charge is 0.0728 e. The maximum Gasteiger partial charge on any atom is 0.0728 e. The van der Waals surface area contributed by atoms with E-state index in [-0.39, 0.29) is 5.54 Å². The predicted molar refractivity (Wildman–Crippen MR) is 81.8 cm³/mol. The van der Waals surface area contributed by atoms with Crippen LogP contribution < -0.4 is 5.32 Å². The molecule has 110 valence electrons. The van der Waals surface area contributed by atoms with Crippen LogP contribution in [0.2, 0.25) is 0 Å². The number of ether oxygens (including phenoxy) is 1. The average Bonchev–Trinajstić information content (AvgIpc) is 2.70. The van der Waals surface area contributed by atoms with E-state index >= 15 is 0 Å². The monoisotopic (exact) mass is 274 g/mol. The van der Waals surface area contributed by atoms with Crippen molar-refractivity contribution in [3.05, 3.63) is 35.9 Å². The van der Waals surface area contributed by atoms with Crippen LogP contribution in [0.25, 0.3) is 0 Å². The Labute approximate surface area is 122 Å². The van der Waals surface area contributed by atoms with Gasteiger partial charge in [-0.15, -0.1) is 0 Å². The Bertz CT molecular complexity index is 436. The fourth-order valence-electron chi connectivity index (χ4n) is 3.54. The third-order valence-corrected chi connectivity index (χ3v) is 5.17. The van der Waals surface area contributed by atoms with E-state index in [1.54, 1.807) is 0 Å². The van der Waals surface area contributed by atoms with Crippen molar-refractivity contribution in [2.75, 3.05) is 26.2 Å². The Kier molecular flexibility index (Phi) is 4.11. The van der Waals surface area contributed by atoms with Crippen molar-refractivity contribution in [2.24, 2.45) is 0 Å². The molecule has 2 heterocycles. The highest BCUT2D eigenvalue weighted by molar-refractivity contribution is 5.20. The third-order valence-electron chi connectivity index (χ3n) is 5.17. The Hall–Kier alpha value is -0.900. The van der Waals surface area contributed by atoms with Gasteiger partial charge in [-0.05, 0) is 38.8 Å². The summed E-state index contributed by atoms with van der Waals surface area (Å²) in [6, 6.07) is 11.3. The van der Waals surface area contributed by atoms with E-state index in [1.165, 1.54) is 18.5 Å². The minimum atomic E-state index is 0.194. The molecule has 0 spiro atoms. The summed E-state index contributed by atoms with van der Waals surface area (Å²) in [6.07, 6.45) is 2.69. The van der Waals surface area contributed by atoms with Crippen LogP contribution in [0.4, 0.5) is 0 Å². The zero-order valence-corrected chi connectivity index (χ0v) is 12.6. The summed E-state index contributed by atoms with van der Waals surface area (Å²) < 4.78 is 5.84. The number of nitrogens with zero attached hydrogens (tertiary/aromatic N) is 1. The quantitative estimate of drug-likeness (QED) is 0.897. The van der Waals surface area contributed by atoms with Gasteiger partial charge in [0.15, 0.2) is 0 Å². The molecule has 0 amide bonds. The maximum absolute atomic E-state index is 5.84. The summed E-state index contributed by atoms with van der Waals surface area (Å²) in [4.78, 5) is 2.66. The standard InChI is InChI=1S/C17H26N2O/c1-14-17(2,9-12-20-14)19-11-6-10-18-16(13-19)15-7-4-3-5-8-15/h3-5,7-8,14,16,18H,6,9-13H2,1-2H3. The highest BCUT2D eigenvalue weighted by Crippen LogP contribution is 2.34. The van der Waals surface area contributed by atoms with E-state index in [1.807, 2.05) is 0 Å². The second-order valence-corrected chi connectivity index (χ2v) is 6.34. The van der Waals surface area contributed by atoms with Crippen molar-refractivity contribution in [2.45, 2.75) is 44.4 Å². The second-order valence-electron chi connectivity index (χ2n) is 6.34. The first-order valence-electron chi connectivity index (χ1n) is 7.85. The van der Waals surface area contributed by atoms with Gasteiger partial charge in [-0.2, -0.15) is 0 Å². The van der Waals surface area contributed by atoms with Gasteiger partial charge in [-0.1, -0.05) is 30.3 Å². The van der Waals surface area contributed by atoms with E-state index in [0.717, 1.165) is 26.1 Å². The molecule has 0 bridgehead atoms. The van der Waals surface area contributed by atoms with Crippen LogP contribution in [0.15, 0.2) is 30.3 Å². The summed E-state index contributed by atoms with van der Waals surface area (Å²) in [5, 5.41) is 3.70. The molecule has 3 heteroatoms. The summed E-state index contributed by atoms with van der Waals surface area (Å²) in [5.41, 5.74) is 1.59. The summed E-state index contributed by atoms with van der Waals surface area (Å²) in [6.45, 7) is 8.84. The second kappa shape index (κ2) is 5.84. The number of hydrogen-bond acceptors (Lipinski definition) is 3. The number of benzene rings is 1. The molecule has 1 N–H and O–H groups in total. The van der Waals surface area contributed by atoms with E-state index in [0.29, 0.717) is 12.1 Å². The van der Waals surface area contributed by atoms with Crippen LogP contribution in [0.5, 0.6) is 0 Å². The van der Waals surface area contributed by atoms with Gasteiger partial charge in [0.25, 0.3) is 0 Å². The molecular formula is C17H26N2O. The molecule has 0 radical (unpaired) electrons. The fourth-order valence-corrected chi connectivity index (χ4v) is 3.54. The fraction of sp³-hybridized carbons (Fsp3) is 0.647. The maximum atomic E-state index is 5.84. The SMILES string of the molecule is CC1OCCC1(C)N1CCCNC(c2ccccc2)C1. The van der Waals surface area contributed by atoms with Crippen LogP contribution >= 0.6 is 0 Å². The summed E-state index contributed by atoms with van der Waals surface area (Å²) >= 11 is 0. The number of nitrogens with one attached hydrogen (secondary N) is 1. The molecule has 0 saturated carbocycles. The van der Waals surface area contributed by atoms with E-state index in [2.05, 4.69) is 54.4 Å². The van der Waals surface area contributed by atoms with Gasteiger partial charge in [-0.3, -0.25) is 4.90 Å². The van der Waals surface area contributed by atoms with Gasteiger partial charge in [0.1, 0.15) is 0 Å². The van der Waals surface area contributed by atoms with Crippen LogP contribution in [-0.4, -0.2) is 42.8 Å². The van der Waals surface area contributed by atoms with Crippen molar-refractivity contribution in [1.82, 2.24) is 10.2 Å². The first-order chi connectivity index (χ1) is 9.70. The minimum absolute atomic E-state index is 0.194. The third kappa shape index (κ3) is 2.62. The largest absolute Gasteiger partial charge is 0.377 e. The van der Waals surface area contributed by atoms with Crippen molar-refractivity contribution >= 4 is 0 Å². The molecule has 3 nitrogen and oxygen atoms in total. The first kappa shape index (κ1) is 14.1.